The van der Waals surface area contributed by atoms with Crippen molar-refractivity contribution >= 4 is 16.6 Å². The number of nitrogen functional groups attached to an aromatic ring is 1. The minimum atomic E-state index is 0.185. The zero-order valence-electron chi connectivity index (χ0n) is 7.99. The van der Waals surface area contributed by atoms with Gasteiger partial charge in [0.15, 0.2) is 0 Å². The number of aryl methyl sites for hydroxylation is 1. The number of fused-ring (bicyclic) bond motifs is 1. The lowest BCUT2D eigenvalue weighted by Crippen LogP contribution is -1.94. The second kappa shape index (κ2) is 3.18. The lowest BCUT2D eigenvalue weighted by atomic mass is 10.1. The highest BCUT2D eigenvalue weighted by Crippen LogP contribution is 2.27. The van der Waals surface area contributed by atoms with Crippen LogP contribution in [0.4, 0.5) is 5.69 Å². The van der Waals surface area contributed by atoms with Gasteiger partial charge >= 0.3 is 0 Å². The third-order valence-electron chi connectivity index (χ3n) is 2.27. The Hall–Kier alpha value is -1.77. The van der Waals surface area contributed by atoms with Crippen molar-refractivity contribution in [2.24, 2.45) is 0 Å². The van der Waals surface area contributed by atoms with Gasteiger partial charge in [0.2, 0.25) is 0 Å². The van der Waals surface area contributed by atoms with Crippen LogP contribution in [0.25, 0.3) is 10.9 Å². The Balaban J connectivity index is 2.83. The van der Waals surface area contributed by atoms with Gasteiger partial charge in [-0.25, -0.2) is 4.98 Å². The second-order valence-corrected chi connectivity index (χ2v) is 3.23. The number of hydrogen-bond donors (Lipinski definition) is 2. The van der Waals surface area contributed by atoms with E-state index in [2.05, 4.69) is 4.98 Å². The number of pyridine rings is 1. The molecule has 3 heteroatoms. The van der Waals surface area contributed by atoms with Gasteiger partial charge in [-0.2, -0.15) is 0 Å². The maximum absolute atomic E-state index is 9.60. The minimum absolute atomic E-state index is 0.185. The van der Waals surface area contributed by atoms with Crippen LogP contribution >= 0.6 is 0 Å². The average Bonchev–Trinajstić information content (AvgIpc) is 2.19. The molecule has 3 N–H and O–H groups in total. The van der Waals surface area contributed by atoms with Crippen molar-refractivity contribution in [1.29, 1.82) is 0 Å². The first kappa shape index (κ1) is 8.81. The molecule has 0 spiro atoms. The van der Waals surface area contributed by atoms with E-state index in [9.17, 15) is 5.11 Å². The summed E-state index contributed by atoms with van der Waals surface area (Å²) in [5.74, 6) is 0.185. The summed E-state index contributed by atoms with van der Waals surface area (Å²) in [4.78, 5) is 4.32. The van der Waals surface area contributed by atoms with Crippen molar-refractivity contribution < 1.29 is 5.11 Å². The van der Waals surface area contributed by atoms with Crippen LogP contribution in [-0.2, 0) is 6.42 Å². The molecule has 0 saturated heterocycles. The van der Waals surface area contributed by atoms with Crippen LogP contribution in [0.3, 0.4) is 0 Å². The van der Waals surface area contributed by atoms with Gasteiger partial charge in [0.05, 0.1) is 0 Å². The van der Waals surface area contributed by atoms with E-state index in [1.54, 1.807) is 12.1 Å². The zero-order valence-corrected chi connectivity index (χ0v) is 7.99. The summed E-state index contributed by atoms with van der Waals surface area (Å²) >= 11 is 0. The van der Waals surface area contributed by atoms with Crippen LogP contribution in [0.2, 0.25) is 0 Å². The Labute approximate surface area is 82.2 Å². The van der Waals surface area contributed by atoms with E-state index in [0.29, 0.717) is 11.2 Å². The number of rotatable bonds is 1. The fraction of sp³-hybridized carbons (Fsp3) is 0.182. The number of aromatic nitrogens is 1. The molecule has 0 saturated carbocycles. The average molecular weight is 188 g/mol. The predicted molar refractivity (Wildman–Crippen MR) is 57.2 cm³/mol. The molecule has 0 radical (unpaired) electrons. The SMILES string of the molecule is CCc1cc(N)c2cccc(O)c2n1. The molecule has 0 aliphatic carbocycles. The van der Waals surface area contributed by atoms with E-state index in [0.717, 1.165) is 17.5 Å². The lowest BCUT2D eigenvalue weighted by molar-refractivity contribution is 0.480. The molecule has 2 rings (SSSR count). The number of para-hydroxylation sites is 1. The molecule has 1 heterocycles. The number of nitrogens with two attached hydrogens (primary N) is 1. The summed E-state index contributed by atoms with van der Waals surface area (Å²) < 4.78 is 0. The number of phenols is 1. The van der Waals surface area contributed by atoms with Crippen LogP contribution in [0.5, 0.6) is 5.75 Å². The molecule has 72 valence electrons. The lowest BCUT2D eigenvalue weighted by Gasteiger charge is -2.05. The molecule has 0 atom stereocenters. The highest BCUT2D eigenvalue weighted by molar-refractivity contribution is 5.93. The number of benzene rings is 1. The third-order valence-corrected chi connectivity index (χ3v) is 2.27. The highest BCUT2D eigenvalue weighted by Gasteiger charge is 2.05. The Morgan fingerprint density at radius 2 is 2.21 bits per heavy atom. The molecule has 0 unspecified atom stereocenters. The van der Waals surface area contributed by atoms with Gasteiger partial charge in [0.1, 0.15) is 11.3 Å². The number of nitrogens with zero attached hydrogens (tertiary/aromatic N) is 1. The van der Waals surface area contributed by atoms with Crippen LogP contribution in [0.1, 0.15) is 12.6 Å². The van der Waals surface area contributed by atoms with Crippen molar-refractivity contribution in [2.45, 2.75) is 13.3 Å². The maximum Gasteiger partial charge on any atom is 0.141 e. The second-order valence-electron chi connectivity index (χ2n) is 3.23. The van der Waals surface area contributed by atoms with Gasteiger partial charge in [-0.1, -0.05) is 19.1 Å². The fourth-order valence-electron chi connectivity index (χ4n) is 1.50. The summed E-state index contributed by atoms with van der Waals surface area (Å²) in [6.07, 6.45) is 0.814. The minimum Gasteiger partial charge on any atom is -0.506 e. The first-order valence-corrected chi connectivity index (χ1v) is 4.59. The van der Waals surface area contributed by atoms with Crippen molar-refractivity contribution in [3.63, 3.8) is 0 Å². The van der Waals surface area contributed by atoms with E-state index in [1.165, 1.54) is 0 Å². The quantitative estimate of drug-likeness (QED) is 0.720. The standard InChI is InChI=1S/C11H12N2O/c1-2-7-6-9(12)8-4-3-5-10(14)11(8)13-7/h3-6,14H,2H2,1H3,(H2,12,13). The Kier molecular flexibility index (Phi) is 2.00. The number of aromatic hydroxyl groups is 1. The van der Waals surface area contributed by atoms with E-state index in [4.69, 9.17) is 5.73 Å². The number of anilines is 1. The number of hydrogen-bond acceptors (Lipinski definition) is 3. The topological polar surface area (TPSA) is 59.1 Å². The summed E-state index contributed by atoms with van der Waals surface area (Å²) in [5.41, 5.74) is 8.01. The van der Waals surface area contributed by atoms with Crippen molar-refractivity contribution in [3.05, 3.63) is 30.0 Å². The Morgan fingerprint density at radius 3 is 2.93 bits per heavy atom. The van der Waals surface area contributed by atoms with Crippen LogP contribution in [-0.4, -0.2) is 10.1 Å². The van der Waals surface area contributed by atoms with Gasteiger partial charge < -0.3 is 10.8 Å². The first-order chi connectivity index (χ1) is 6.72. The van der Waals surface area contributed by atoms with Gasteiger partial charge in [-0.15, -0.1) is 0 Å². The molecule has 0 amide bonds. The molecule has 1 aromatic heterocycles. The highest BCUT2D eigenvalue weighted by atomic mass is 16.3. The summed E-state index contributed by atoms with van der Waals surface area (Å²) in [5, 5.41) is 10.4. The predicted octanol–water partition coefficient (Wildman–Crippen LogP) is 2.09. The summed E-state index contributed by atoms with van der Waals surface area (Å²) in [6, 6.07) is 7.09. The normalized spacial score (nSPS) is 10.6. The van der Waals surface area contributed by atoms with Crippen molar-refractivity contribution in [1.82, 2.24) is 4.98 Å². The molecule has 2 aromatic rings. The van der Waals surface area contributed by atoms with Gasteiger partial charge in [0.25, 0.3) is 0 Å². The van der Waals surface area contributed by atoms with Gasteiger partial charge in [-0.3, -0.25) is 0 Å². The van der Waals surface area contributed by atoms with Crippen molar-refractivity contribution in [2.75, 3.05) is 5.73 Å². The molecule has 0 aliphatic heterocycles. The molecule has 1 aromatic carbocycles. The van der Waals surface area contributed by atoms with Crippen LogP contribution in [0, 0.1) is 0 Å². The molecule has 0 fully saturated rings. The van der Waals surface area contributed by atoms with E-state index >= 15 is 0 Å². The summed E-state index contributed by atoms with van der Waals surface area (Å²) in [6.45, 7) is 2.01. The molecular weight excluding hydrogens is 176 g/mol. The maximum atomic E-state index is 9.60. The summed E-state index contributed by atoms with van der Waals surface area (Å²) in [7, 11) is 0. The number of phenolic OH excluding ortho intramolecular Hbond substituents is 1. The zero-order chi connectivity index (χ0) is 10.1. The van der Waals surface area contributed by atoms with Crippen molar-refractivity contribution in [3.8, 4) is 5.75 Å². The van der Waals surface area contributed by atoms with E-state index < -0.39 is 0 Å². The Bertz CT molecular complexity index is 480. The molecular formula is C11H12N2O. The molecule has 3 nitrogen and oxygen atoms in total. The Morgan fingerprint density at radius 1 is 1.43 bits per heavy atom. The molecule has 0 bridgehead atoms. The largest absolute Gasteiger partial charge is 0.506 e. The van der Waals surface area contributed by atoms with E-state index in [1.807, 2.05) is 19.1 Å². The fourth-order valence-corrected chi connectivity index (χ4v) is 1.50. The smallest absolute Gasteiger partial charge is 0.141 e. The van der Waals surface area contributed by atoms with Gasteiger partial charge in [0, 0.05) is 16.8 Å². The van der Waals surface area contributed by atoms with Crippen LogP contribution < -0.4 is 5.73 Å². The van der Waals surface area contributed by atoms with E-state index in [-0.39, 0.29) is 5.75 Å². The molecule has 14 heavy (non-hydrogen) atoms. The molecule has 0 aliphatic rings. The van der Waals surface area contributed by atoms with Crippen LogP contribution in [0.15, 0.2) is 24.3 Å². The third kappa shape index (κ3) is 1.27. The first-order valence-electron chi connectivity index (χ1n) is 4.59. The monoisotopic (exact) mass is 188 g/mol. The van der Waals surface area contributed by atoms with Gasteiger partial charge in [-0.05, 0) is 18.6 Å².